The van der Waals surface area contributed by atoms with Crippen LogP contribution < -0.4 is 24.4 Å². The number of carbonyl (C=O) groups is 2. The minimum Gasteiger partial charge on any atom is -0.497 e. The molecule has 0 fully saturated rings. The first-order valence-electron chi connectivity index (χ1n) is 9.98. The molecule has 3 aromatic rings. The lowest BCUT2D eigenvalue weighted by molar-refractivity contribution is -0.120. The van der Waals surface area contributed by atoms with Gasteiger partial charge in [0.15, 0.2) is 0 Å². The van der Waals surface area contributed by atoms with Crippen molar-refractivity contribution in [2.45, 2.75) is 0 Å². The highest BCUT2D eigenvalue weighted by atomic mass is 35.5. The molecule has 0 atom stereocenters. The van der Waals surface area contributed by atoms with Crippen LogP contribution in [0.5, 0.6) is 17.2 Å². The Labute approximate surface area is 196 Å². The molecule has 4 rings (SSSR count). The Balaban J connectivity index is 1.83. The van der Waals surface area contributed by atoms with Crippen LogP contribution in [0.3, 0.4) is 0 Å². The summed E-state index contributed by atoms with van der Waals surface area (Å²) in [5.41, 5.74) is 1.82. The number of hydrogen-bond donors (Lipinski definition) is 1. The Hall–Kier alpha value is -3.97. The van der Waals surface area contributed by atoms with Crippen molar-refractivity contribution in [3.63, 3.8) is 0 Å². The van der Waals surface area contributed by atoms with Gasteiger partial charge in [0.05, 0.1) is 32.6 Å². The zero-order valence-corrected chi connectivity index (χ0v) is 19.0. The summed E-state index contributed by atoms with van der Waals surface area (Å²) in [5, 5.41) is 3.52. The Kier molecular flexibility index (Phi) is 6.24. The predicted molar refractivity (Wildman–Crippen MR) is 127 cm³/mol. The number of amides is 2. The topological polar surface area (TPSA) is 77.1 Å². The van der Waals surface area contributed by atoms with E-state index in [2.05, 4.69) is 5.32 Å². The van der Waals surface area contributed by atoms with Crippen molar-refractivity contribution >= 4 is 40.4 Å². The number of hydrogen-bond acceptors (Lipinski definition) is 6. The van der Waals surface area contributed by atoms with Gasteiger partial charge in [-0.1, -0.05) is 29.8 Å². The molecule has 1 heterocycles. The lowest BCUT2D eigenvalue weighted by atomic mass is 10.0. The molecular formula is C25H21ClN2O5. The number of nitrogens with one attached hydrogen (secondary N) is 1. The highest BCUT2D eigenvalue weighted by Crippen LogP contribution is 2.36. The molecular weight excluding hydrogens is 444 g/mol. The van der Waals surface area contributed by atoms with Gasteiger partial charge in [0, 0.05) is 28.9 Å². The lowest BCUT2D eigenvalue weighted by Gasteiger charge is -2.16. The molecule has 1 aliphatic rings. The van der Waals surface area contributed by atoms with Gasteiger partial charge in [-0.2, -0.15) is 0 Å². The molecule has 8 heteroatoms. The standard InChI is InChI=1S/C25H21ClN2O5/c1-31-19-9-7-15(8-10-19)22-23(27-17-12-20(32-2)14-21(13-17)33-3)25(30)28(24(22)29)18-6-4-5-16(26)11-18/h4-14,27H,1-3H3. The molecule has 0 bridgehead atoms. The van der Waals surface area contributed by atoms with Crippen LogP contribution in [0.4, 0.5) is 11.4 Å². The SMILES string of the molecule is COc1ccc(C2=C(Nc3cc(OC)cc(OC)c3)C(=O)N(c3cccc(Cl)c3)C2=O)cc1. The first kappa shape index (κ1) is 22.2. The number of benzene rings is 3. The summed E-state index contributed by atoms with van der Waals surface area (Å²) in [5.74, 6) is 0.730. The number of anilines is 2. The third-order valence-corrected chi connectivity index (χ3v) is 5.38. The quantitative estimate of drug-likeness (QED) is 0.508. The van der Waals surface area contributed by atoms with E-state index in [1.807, 2.05) is 0 Å². The summed E-state index contributed by atoms with van der Waals surface area (Å²) in [4.78, 5) is 28.1. The fourth-order valence-corrected chi connectivity index (χ4v) is 3.73. The van der Waals surface area contributed by atoms with Crippen LogP contribution in [-0.2, 0) is 9.59 Å². The molecule has 33 heavy (non-hydrogen) atoms. The zero-order chi connectivity index (χ0) is 23.5. The van der Waals surface area contributed by atoms with Crippen molar-refractivity contribution in [1.82, 2.24) is 0 Å². The zero-order valence-electron chi connectivity index (χ0n) is 18.2. The van der Waals surface area contributed by atoms with E-state index in [1.54, 1.807) is 73.8 Å². The number of methoxy groups -OCH3 is 3. The second-order valence-electron chi connectivity index (χ2n) is 7.13. The van der Waals surface area contributed by atoms with Crippen molar-refractivity contribution in [3.8, 4) is 17.2 Å². The number of carbonyl (C=O) groups excluding carboxylic acids is 2. The molecule has 0 saturated heterocycles. The molecule has 0 aromatic heterocycles. The van der Waals surface area contributed by atoms with Crippen molar-refractivity contribution in [1.29, 1.82) is 0 Å². The maximum atomic E-state index is 13.5. The third kappa shape index (κ3) is 4.36. The first-order valence-corrected chi connectivity index (χ1v) is 10.4. The van der Waals surface area contributed by atoms with Gasteiger partial charge < -0.3 is 19.5 Å². The molecule has 0 radical (unpaired) electrons. The van der Waals surface area contributed by atoms with Gasteiger partial charge in [0.25, 0.3) is 11.8 Å². The molecule has 168 valence electrons. The average Bonchev–Trinajstić information content (AvgIpc) is 3.07. The fraction of sp³-hybridized carbons (Fsp3) is 0.120. The minimum atomic E-state index is -0.505. The van der Waals surface area contributed by atoms with Crippen LogP contribution >= 0.6 is 11.6 Å². The fourth-order valence-electron chi connectivity index (χ4n) is 3.54. The summed E-state index contributed by atoms with van der Waals surface area (Å²) < 4.78 is 15.9. The van der Waals surface area contributed by atoms with Gasteiger partial charge in [-0.15, -0.1) is 0 Å². The highest BCUT2D eigenvalue weighted by Gasteiger charge is 2.40. The molecule has 0 spiro atoms. The second kappa shape index (κ2) is 9.26. The van der Waals surface area contributed by atoms with Crippen LogP contribution in [0, 0.1) is 0 Å². The number of imide groups is 1. The van der Waals surface area contributed by atoms with Crippen LogP contribution in [0.25, 0.3) is 5.57 Å². The number of nitrogens with zero attached hydrogens (tertiary/aromatic N) is 1. The smallest absolute Gasteiger partial charge is 0.282 e. The van der Waals surface area contributed by atoms with Gasteiger partial charge in [0.2, 0.25) is 0 Å². The van der Waals surface area contributed by atoms with Crippen molar-refractivity contribution in [2.75, 3.05) is 31.5 Å². The Bertz CT molecular complexity index is 1230. The summed E-state index contributed by atoms with van der Waals surface area (Å²) >= 11 is 6.12. The van der Waals surface area contributed by atoms with E-state index in [-0.39, 0.29) is 11.3 Å². The molecule has 1 N–H and O–H groups in total. The molecule has 0 aliphatic carbocycles. The molecule has 2 amide bonds. The van der Waals surface area contributed by atoms with Crippen molar-refractivity contribution in [3.05, 3.63) is 83.0 Å². The molecule has 7 nitrogen and oxygen atoms in total. The largest absolute Gasteiger partial charge is 0.497 e. The number of halogens is 1. The summed E-state index contributed by atoms with van der Waals surface area (Å²) in [6, 6.07) is 18.6. The monoisotopic (exact) mass is 464 g/mol. The Morgan fingerprint density at radius 1 is 0.758 bits per heavy atom. The van der Waals surface area contributed by atoms with E-state index in [1.165, 1.54) is 14.2 Å². The maximum Gasteiger partial charge on any atom is 0.282 e. The van der Waals surface area contributed by atoms with Gasteiger partial charge in [-0.3, -0.25) is 9.59 Å². The van der Waals surface area contributed by atoms with Gasteiger partial charge in [0.1, 0.15) is 22.9 Å². The first-order chi connectivity index (χ1) is 15.9. The normalized spacial score (nSPS) is 13.4. The molecule has 1 aliphatic heterocycles. The van der Waals surface area contributed by atoms with E-state index in [0.29, 0.717) is 39.2 Å². The summed E-state index contributed by atoms with van der Waals surface area (Å²) in [6.45, 7) is 0. The van der Waals surface area contributed by atoms with Crippen LogP contribution in [0.2, 0.25) is 5.02 Å². The highest BCUT2D eigenvalue weighted by molar-refractivity contribution is 6.46. The lowest BCUT2D eigenvalue weighted by Crippen LogP contribution is -2.32. The van der Waals surface area contributed by atoms with Crippen molar-refractivity contribution < 1.29 is 23.8 Å². The Morgan fingerprint density at radius 3 is 1.97 bits per heavy atom. The van der Waals surface area contributed by atoms with Gasteiger partial charge >= 0.3 is 0 Å². The van der Waals surface area contributed by atoms with E-state index in [4.69, 9.17) is 25.8 Å². The minimum absolute atomic E-state index is 0.125. The number of ether oxygens (including phenoxy) is 3. The summed E-state index contributed by atoms with van der Waals surface area (Å²) in [7, 11) is 4.63. The third-order valence-electron chi connectivity index (χ3n) is 5.15. The van der Waals surface area contributed by atoms with E-state index in [0.717, 1.165) is 4.90 Å². The Morgan fingerprint density at radius 2 is 1.39 bits per heavy atom. The number of rotatable bonds is 7. The molecule has 0 saturated carbocycles. The summed E-state index contributed by atoms with van der Waals surface area (Å²) in [6.07, 6.45) is 0. The van der Waals surface area contributed by atoms with Gasteiger partial charge in [-0.25, -0.2) is 4.90 Å². The second-order valence-corrected chi connectivity index (χ2v) is 7.57. The van der Waals surface area contributed by atoms with Crippen molar-refractivity contribution in [2.24, 2.45) is 0 Å². The van der Waals surface area contributed by atoms with Crippen LogP contribution in [0.15, 0.2) is 72.4 Å². The van der Waals surface area contributed by atoms with Gasteiger partial charge in [-0.05, 0) is 35.9 Å². The van der Waals surface area contributed by atoms with E-state index in [9.17, 15) is 9.59 Å². The van der Waals surface area contributed by atoms with Crippen LogP contribution in [0.1, 0.15) is 5.56 Å². The van der Waals surface area contributed by atoms with E-state index >= 15 is 0 Å². The van der Waals surface area contributed by atoms with E-state index < -0.39 is 11.8 Å². The maximum absolute atomic E-state index is 13.5. The predicted octanol–water partition coefficient (Wildman–Crippen LogP) is 4.76. The average molecular weight is 465 g/mol. The molecule has 0 unspecified atom stereocenters. The molecule has 3 aromatic carbocycles. The van der Waals surface area contributed by atoms with Crippen LogP contribution in [-0.4, -0.2) is 33.1 Å².